The Morgan fingerprint density at radius 1 is 0.474 bits per heavy atom. The van der Waals surface area contributed by atoms with Crippen molar-refractivity contribution in [2.45, 2.75) is 123 Å². The van der Waals surface area contributed by atoms with Gasteiger partial charge in [-0.15, -0.1) is 26.3 Å². The molecule has 0 aromatic heterocycles. The van der Waals surface area contributed by atoms with Crippen LogP contribution in [0.4, 0.5) is 35.1 Å². The summed E-state index contributed by atoms with van der Waals surface area (Å²) in [5.74, 6) is -1.20. The number of hydrogen-bond donors (Lipinski definition) is 0. The van der Waals surface area contributed by atoms with Gasteiger partial charge in [0, 0.05) is 11.1 Å². The highest BCUT2D eigenvalue weighted by Gasteiger charge is 2.32. The maximum absolute atomic E-state index is 15.1. The fourth-order valence-corrected chi connectivity index (χ4v) is 7.46. The summed E-state index contributed by atoms with van der Waals surface area (Å²) < 4.78 is 112. The molecule has 0 spiro atoms. The van der Waals surface area contributed by atoms with Crippen LogP contribution in [0.15, 0.2) is 96.1 Å². The van der Waals surface area contributed by atoms with Crippen molar-refractivity contribution in [1.29, 1.82) is 0 Å². The summed E-state index contributed by atoms with van der Waals surface area (Å²) in [7, 11) is 0. The van der Waals surface area contributed by atoms with E-state index in [4.69, 9.17) is 0 Å². The van der Waals surface area contributed by atoms with Crippen molar-refractivity contribution in [2.75, 3.05) is 0 Å². The van der Waals surface area contributed by atoms with Crippen molar-refractivity contribution >= 4 is 0 Å². The summed E-state index contributed by atoms with van der Waals surface area (Å²) in [6.07, 6.45) is 10.6. The number of hydrogen-bond acceptors (Lipinski definition) is 2. The SMILES string of the molecule is CCCCCCC1=CCc2c(ccc(-c3ccc(OC(F)(F)F)cc3)c2F)C1.CCCCCCCC1=CCc2c(ccc(-c3ccc(OC(F)(F)F)cc3)c2F)C1. The van der Waals surface area contributed by atoms with Crippen molar-refractivity contribution in [2.24, 2.45) is 0 Å². The van der Waals surface area contributed by atoms with Gasteiger partial charge in [-0.25, -0.2) is 8.78 Å². The molecule has 57 heavy (non-hydrogen) atoms. The Balaban J connectivity index is 0.000000218. The Hall–Kier alpha value is -4.60. The number of benzene rings is 4. The molecule has 0 radical (unpaired) electrons. The second kappa shape index (κ2) is 20.2. The van der Waals surface area contributed by atoms with Crippen LogP contribution in [0.3, 0.4) is 0 Å². The third kappa shape index (κ3) is 13.0. The third-order valence-electron chi connectivity index (χ3n) is 10.5. The molecule has 0 heterocycles. The summed E-state index contributed by atoms with van der Waals surface area (Å²) in [5, 5.41) is 0. The van der Waals surface area contributed by atoms with Crippen molar-refractivity contribution in [3.63, 3.8) is 0 Å². The lowest BCUT2D eigenvalue weighted by atomic mass is 9.86. The minimum Gasteiger partial charge on any atom is -0.406 e. The zero-order chi connectivity index (χ0) is 41.0. The van der Waals surface area contributed by atoms with Gasteiger partial charge in [-0.1, -0.05) is 131 Å². The fraction of sp³-hybridized carbons (Fsp3) is 0.404. The first kappa shape index (κ1) is 43.5. The average molecular weight is 799 g/mol. The van der Waals surface area contributed by atoms with Gasteiger partial charge in [0.2, 0.25) is 0 Å². The maximum atomic E-state index is 15.1. The van der Waals surface area contributed by atoms with E-state index >= 15 is 8.78 Å². The largest absolute Gasteiger partial charge is 0.573 e. The molecule has 4 aromatic rings. The molecule has 0 saturated heterocycles. The van der Waals surface area contributed by atoms with Crippen LogP contribution in [0, 0.1) is 11.6 Å². The summed E-state index contributed by atoms with van der Waals surface area (Å²) in [6, 6.07) is 17.9. The highest BCUT2D eigenvalue weighted by Crippen LogP contribution is 2.36. The fourth-order valence-electron chi connectivity index (χ4n) is 7.46. The minimum absolute atomic E-state index is 0.287. The Morgan fingerprint density at radius 3 is 1.21 bits per heavy atom. The summed E-state index contributed by atoms with van der Waals surface area (Å²) in [5.41, 5.74) is 7.99. The van der Waals surface area contributed by atoms with Crippen molar-refractivity contribution in [3.05, 3.63) is 130 Å². The lowest BCUT2D eigenvalue weighted by Crippen LogP contribution is -2.17. The Kier molecular flexibility index (Phi) is 15.4. The van der Waals surface area contributed by atoms with Gasteiger partial charge in [0.25, 0.3) is 0 Å². The van der Waals surface area contributed by atoms with E-state index in [9.17, 15) is 26.3 Å². The molecule has 2 aliphatic rings. The number of allylic oxidation sites excluding steroid dienone is 4. The van der Waals surface area contributed by atoms with Crippen LogP contribution in [0.5, 0.6) is 11.5 Å². The van der Waals surface area contributed by atoms with Crippen LogP contribution < -0.4 is 9.47 Å². The first-order chi connectivity index (χ1) is 27.2. The molecule has 10 heteroatoms. The molecular formula is C47H50F8O2. The van der Waals surface area contributed by atoms with Gasteiger partial charge in [-0.05, 0) is 109 Å². The number of unbranched alkanes of at least 4 members (excludes halogenated alkanes) is 7. The molecule has 0 atom stereocenters. The number of fused-ring (bicyclic) bond motifs is 2. The predicted octanol–water partition coefficient (Wildman–Crippen LogP) is 15.2. The minimum atomic E-state index is -4.74. The first-order valence-corrected chi connectivity index (χ1v) is 19.9. The van der Waals surface area contributed by atoms with E-state index in [0.717, 1.165) is 36.8 Å². The Labute approximate surface area is 330 Å². The highest BCUT2D eigenvalue weighted by atomic mass is 19.4. The van der Waals surface area contributed by atoms with E-state index in [1.807, 2.05) is 12.1 Å². The average Bonchev–Trinajstić information content (AvgIpc) is 3.17. The predicted molar refractivity (Wildman–Crippen MR) is 210 cm³/mol. The zero-order valence-corrected chi connectivity index (χ0v) is 32.5. The van der Waals surface area contributed by atoms with Crippen molar-refractivity contribution < 1.29 is 44.6 Å². The van der Waals surface area contributed by atoms with E-state index in [0.29, 0.717) is 46.2 Å². The van der Waals surface area contributed by atoms with Gasteiger partial charge in [0.15, 0.2) is 0 Å². The molecule has 0 amide bonds. The van der Waals surface area contributed by atoms with Crippen LogP contribution in [-0.4, -0.2) is 12.7 Å². The van der Waals surface area contributed by atoms with Crippen molar-refractivity contribution in [3.8, 4) is 33.8 Å². The molecule has 0 aliphatic heterocycles. The molecule has 4 aromatic carbocycles. The first-order valence-electron chi connectivity index (χ1n) is 19.9. The third-order valence-corrected chi connectivity index (χ3v) is 10.5. The van der Waals surface area contributed by atoms with Crippen LogP contribution in [0.1, 0.15) is 107 Å². The van der Waals surface area contributed by atoms with Gasteiger partial charge in [0.1, 0.15) is 23.1 Å². The van der Waals surface area contributed by atoms with Gasteiger partial charge in [-0.2, -0.15) is 0 Å². The molecule has 306 valence electrons. The molecule has 2 nitrogen and oxygen atoms in total. The van der Waals surface area contributed by atoms with E-state index in [1.165, 1.54) is 117 Å². The van der Waals surface area contributed by atoms with Crippen LogP contribution in [0.2, 0.25) is 0 Å². The topological polar surface area (TPSA) is 18.5 Å². The van der Waals surface area contributed by atoms with Gasteiger partial charge in [0.05, 0.1) is 0 Å². The van der Waals surface area contributed by atoms with Crippen LogP contribution in [0.25, 0.3) is 22.3 Å². The molecule has 6 rings (SSSR count). The van der Waals surface area contributed by atoms with Gasteiger partial charge >= 0.3 is 12.7 Å². The standard InChI is InChI=1S/C24H26F4O.C23H24F4O/c1-2-3-4-5-6-7-17-8-14-22-19(16-17)11-15-21(23(22)25)18-9-12-20(13-10-18)29-24(26,27)28;1-2-3-4-5-6-16-7-13-21-18(15-16)10-14-20(22(21)24)17-8-11-19(12-9-17)28-23(25,26)27/h8-13,15H,2-7,14,16H2,1H3;7-12,14H,2-6,13,15H2,1H3. The van der Waals surface area contributed by atoms with Gasteiger partial charge in [-0.3, -0.25) is 0 Å². The normalized spacial score (nSPS) is 13.8. The Morgan fingerprint density at radius 2 is 0.842 bits per heavy atom. The summed E-state index contributed by atoms with van der Waals surface area (Å²) >= 11 is 0. The molecule has 0 saturated carbocycles. The van der Waals surface area contributed by atoms with Crippen molar-refractivity contribution in [1.82, 2.24) is 0 Å². The van der Waals surface area contributed by atoms with Crippen LogP contribution >= 0.6 is 0 Å². The maximum Gasteiger partial charge on any atom is 0.573 e. The smallest absolute Gasteiger partial charge is 0.406 e. The zero-order valence-electron chi connectivity index (χ0n) is 32.5. The monoisotopic (exact) mass is 798 g/mol. The lowest BCUT2D eigenvalue weighted by molar-refractivity contribution is -0.275. The van der Waals surface area contributed by atoms with E-state index in [1.54, 1.807) is 12.1 Å². The van der Waals surface area contributed by atoms with E-state index < -0.39 is 12.7 Å². The second-order valence-electron chi connectivity index (χ2n) is 14.7. The molecule has 2 aliphatic carbocycles. The van der Waals surface area contributed by atoms with Crippen LogP contribution in [-0.2, 0) is 25.7 Å². The molecular weight excluding hydrogens is 748 g/mol. The highest BCUT2D eigenvalue weighted by molar-refractivity contribution is 5.68. The quantitative estimate of drug-likeness (QED) is 0.0677. The number of rotatable bonds is 15. The summed E-state index contributed by atoms with van der Waals surface area (Å²) in [4.78, 5) is 0. The number of ether oxygens (including phenoxy) is 2. The van der Waals surface area contributed by atoms with E-state index in [-0.39, 0.29) is 23.1 Å². The molecule has 0 bridgehead atoms. The number of alkyl halides is 6. The molecule has 0 fully saturated rings. The Bertz CT molecular complexity index is 1970. The lowest BCUT2D eigenvalue weighted by Gasteiger charge is -2.20. The van der Waals surface area contributed by atoms with E-state index in [2.05, 4.69) is 35.5 Å². The molecule has 0 unspecified atom stereocenters. The van der Waals surface area contributed by atoms with Gasteiger partial charge < -0.3 is 9.47 Å². The second-order valence-corrected chi connectivity index (χ2v) is 14.7. The number of halogens is 8. The molecule has 0 N–H and O–H groups in total. The summed E-state index contributed by atoms with van der Waals surface area (Å²) in [6.45, 7) is 4.39.